The van der Waals surface area contributed by atoms with Crippen LogP contribution < -0.4 is 10.6 Å². The molecule has 3 rings (SSSR count). The Balaban J connectivity index is 1.67. The fraction of sp³-hybridized carbons (Fsp3) is 0.136. The summed E-state index contributed by atoms with van der Waals surface area (Å²) in [5.74, 6) is -0.573. The van der Waals surface area contributed by atoms with Crippen LogP contribution in [0.15, 0.2) is 67.0 Å². The van der Waals surface area contributed by atoms with Gasteiger partial charge in [0, 0.05) is 24.6 Å². The summed E-state index contributed by atoms with van der Waals surface area (Å²) >= 11 is 0. The molecule has 0 bridgehead atoms. The average molecular weight is 359 g/mol. The Bertz CT molecular complexity index is 968. The van der Waals surface area contributed by atoms with E-state index in [1.54, 1.807) is 6.07 Å². The van der Waals surface area contributed by atoms with E-state index in [1.165, 1.54) is 12.4 Å². The number of rotatable bonds is 5. The van der Waals surface area contributed by atoms with Gasteiger partial charge in [0.1, 0.15) is 0 Å². The molecule has 0 unspecified atom stereocenters. The summed E-state index contributed by atoms with van der Waals surface area (Å²) in [6.45, 7) is 4.42. The molecule has 0 spiro atoms. The van der Waals surface area contributed by atoms with Crippen molar-refractivity contribution in [3.8, 4) is 0 Å². The Morgan fingerprint density at radius 1 is 0.852 bits per heavy atom. The molecule has 27 heavy (non-hydrogen) atoms. The molecule has 0 aliphatic carbocycles. The predicted molar refractivity (Wildman–Crippen MR) is 106 cm³/mol. The highest BCUT2D eigenvalue weighted by Crippen LogP contribution is 2.15. The second-order valence-corrected chi connectivity index (χ2v) is 6.38. The number of nitrogens with one attached hydrogen (secondary N) is 2. The van der Waals surface area contributed by atoms with E-state index < -0.39 is 0 Å². The van der Waals surface area contributed by atoms with Gasteiger partial charge in [-0.1, -0.05) is 36.4 Å². The predicted octanol–water partition coefficient (Wildman–Crippen LogP) is 3.88. The van der Waals surface area contributed by atoms with Gasteiger partial charge < -0.3 is 10.6 Å². The van der Waals surface area contributed by atoms with Crippen LogP contribution in [0.1, 0.15) is 37.4 Å². The summed E-state index contributed by atoms with van der Waals surface area (Å²) in [5, 5.41) is 5.67. The summed E-state index contributed by atoms with van der Waals surface area (Å²) in [5.41, 5.74) is 4.65. The van der Waals surface area contributed by atoms with Crippen molar-refractivity contribution in [3.63, 3.8) is 0 Å². The van der Waals surface area contributed by atoms with Gasteiger partial charge in [-0.3, -0.25) is 14.6 Å². The standard InChI is InChI=1S/C22H21N3O2/c1-15-8-9-20(10-16(15)2)25-22(27)19-11-18(13-23-14-19)21(26)24-12-17-6-4-3-5-7-17/h3-11,13-14H,12H2,1-2H3,(H,24,26)(H,25,27). The molecule has 3 aromatic rings. The number of hydrogen-bond acceptors (Lipinski definition) is 3. The van der Waals surface area contributed by atoms with Crippen LogP contribution in [0, 0.1) is 13.8 Å². The summed E-state index contributed by atoms with van der Waals surface area (Å²) in [7, 11) is 0. The number of amides is 2. The largest absolute Gasteiger partial charge is 0.348 e. The van der Waals surface area contributed by atoms with Crippen molar-refractivity contribution in [1.82, 2.24) is 10.3 Å². The van der Waals surface area contributed by atoms with Crippen molar-refractivity contribution in [2.75, 3.05) is 5.32 Å². The zero-order valence-corrected chi connectivity index (χ0v) is 15.3. The normalized spacial score (nSPS) is 10.3. The Labute approximate surface area is 158 Å². The molecular weight excluding hydrogens is 338 g/mol. The highest BCUT2D eigenvalue weighted by Gasteiger charge is 2.12. The molecular formula is C22H21N3O2. The maximum atomic E-state index is 12.5. The molecule has 0 aliphatic rings. The molecule has 2 aromatic carbocycles. The number of hydrogen-bond donors (Lipinski definition) is 2. The van der Waals surface area contributed by atoms with Gasteiger partial charge in [0.05, 0.1) is 11.1 Å². The second kappa shape index (κ2) is 8.27. The molecule has 5 heteroatoms. The van der Waals surface area contributed by atoms with Crippen molar-refractivity contribution in [2.45, 2.75) is 20.4 Å². The molecule has 1 heterocycles. The molecule has 0 aliphatic heterocycles. The van der Waals surface area contributed by atoms with E-state index in [2.05, 4.69) is 15.6 Å². The fourth-order valence-corrected chi connectivity index (χ4v) is 2.59. The van der Waals surface area contributed by atoms with Crippen molar-refractivity contribution in [3.05, 3.63) is 94.8 Å². The number of carbonyl (C=O) groups excluding carboxylic acids is 2. The third-order valence-electron chi connectivity index (χ3n) is 4.32. The number of anilines is 1. The van der Waals surface area contributed by atoms with Crippen LogP contribution in [0.4, 0.5) is 5.69 Å². The van der Waals surface area contributed by atoms with Crippen LogP contribution >= 0.6 is 0 Å². The highest BCUT2D eigenvalue weighted by atomic mass is 16.2. The summed E-state index contributed by atoms with van der Waals surface area (Å²) in [6.07, 6.45) is 2.90. The maximum absolute atomic E-state index is 12.5. The van der Waals surface area contributed by atoms with E-state index in [0.29, 0.717) is 23.4 Å². The van der Waals surface area contributed by atoms with E-state index in [4.69, 9.17) is 0 Å². The molecule has 0 radical (unpaired) electrons. The number of nitrogens with zero attached hydrogens (tertiary/aromatic N) is 1. The summed E-state index contributed by atoms with van der Waals surface area (Å²) in [4.78, 5) is 28.9. The Hall–Kier alpha value is -3.47. The monoisotopic (exact) mass is 359 g/mol. The van der Waals surface area contributed by atoms with E-state index in [1.807, 2.05) is 62.4 Å². The molecule has 0 fully saturated rings. The van der Waals surface area contributed by atoms with Crippen molar-refractivity contribution < 1.29 is 9.59 Å². The smallest absolute Gasteiger partial charge is 0.257 e. The first-order valence-corrected chi connectivity index (χ1v) is 8.69. The zero-order valence-electron chi connectivity index (χ0n) is 15.3. The topological polar surface area (TPSA) is 71.1 Å². The van der Waals surface area contributed by atoms with Crippen molar-refractivity contribution >= 4 is 17.5 Å². The van der Waals surface area contributed by atoms with Gasteiger partial charge >= 0.3 is 0 Å². The van der Waals surface area contributed by atoms with Gasteiger partial charge in [0.2, 0.25) is 0 Å². The van der Waals surface area contributed by atoms with Crippen molar-refractivity contribution in [1.29, 1.82) is 0 Å². The Kier molecular flexibility index (Phi) is 5.61. The first kappa shape index (κ1) is 18.3. The number of benzene rings is 2. The van der Waals surface area contributed by atoms with E-state index in [0.717, 1.165) is 16.7 Å². The van der Waals surface area contributed by atoms with Crippen LogP contribution in [0.2, 0.25) is 0 Å². The van der Waals surface area contributed by atoms with Gasteiger partial charge in [-0.2, -0.15) is 0 Å². The first-order chi connectivity index (χ1) is 13.0. The van der Waals surface area contributed by atoms with Crippen LogP contribution in [0.25, 0.3) is 0 Å². The van der Waals surface area contributed by atoms with Gasteiger partial charge in [0.25, 0.3) is 11.8 Å². The third-order valence-corrected chi connectivity index (χ3v) is 4.32. The maximum Gasteiger partial charge on any atom is 0.257 e. The molecule has 136 valence electrons. The molecule has 5 nitrogen and oxygen atoms in total. The Morgan fingerprint density at radius 3 is 2.26 bits per heavy atom. The second-order valence-electron chi connectivity index (χ2n) is 6.38. The van der Waals surface area contributed by atoms with Gasteiger partial charge in [0.15, 0.2) is 0 Å². The SMILES string of the molecule is Cc1ccc(NC(=O)c2cncc(C(=O)NCc3ccccc3)c2)cc1C. The molecule has 2 amide bonds. The van der Waals surface area contributed by atoms with E-state index >= 15 is 0 Å². The zero-order chi connectivity index (χ0) is 19.2. The lowest BCUT2D eigenvalue weighted by Gasteiger charge is -2.09. The third kappa shape index (κ3) is 4.79. The van der Waals surface area contributed by atoms with Crippen LogP contribution in [0.5, 0.6) is 0 Å². The van der Waals surface area contributed by atoms with E-state index in [-0.39, 0.29) is 11.8 Å². The van der Waals surface area contributed by atoms with Crippen LogP contribution in [-0.4, -0.2) is 16.8 Å². The Morgan fingerprint density at radius 2 is 1.56 bits per heavy atom. The number of aromatic nitrogens is 1. The molecule has 0 saturated carbocycles. The minimum Gasteiger partial charge on any atom is -0.348 e. The highest BCUT2D eigenvalue weighted by molar-refractivity contribution is 6.05. The molecule has 0 atom stereocenters. The average Bonchev–Trinajstić information content (AvgIpc) is 2.70. The van der Waals surface area contributed by atoms with Crippen LogP contribution in [0.3, 0.4) is 0 Å². The molecule has 2 N–H and O–H groups in total. The first-order valence-electron chi connectivity index (χ1n) is 8.69. The molecule has 1 aromatic heterocycles. The van der Waals surface area contributed by atoms with Crippen LogP contribution in [-0.2, 0) is 6.54 Å². The summed E-state index contributed by atoms with van der Waals surface area (Å²) < 4.78 is 0. The minimum absolute atomic E-state index is 0.271. The lowest BCUT2D eigenvalue weighted by molar-refractivity contribution is 0.0950. The molecule has 0 saturated heterocycles. The van der Waals surface area contributed by atoms with E-state index in [9.17, 15) is 9.59 Å². The van der Waals surface area contributed by atoms with Gasteiger partial charge in [-0.15, -0.1) is 0 Å². The number of pyridine rings is 1. The lowest BCUT2D eigenvalue weighted by atomic mass is 10.1. The number of carbonyl (C=O) groups is 2. The summed E-state index contributed by atoms with van der Waals surface area (Å²) in [6, 6.07) is 16.9. The minimum atomic E-state index is -0.302. The number of aryl methyl sites for hydroxylation is 2. The van der Waals surface area contributed by atoms with Gasteiger partial charge in [-0.05, 0) is 48.7 Å². The van der Waals surface area contributed by atoms with Gasteiger partial charge in [-0.25, -0.2) is 0 Å². The quantitative estimate of drug-likeness (QED) is 0.726. The lowest BCUT2D eigenvalue weighted by Crippen LogP contribution is -2.23. The van der Waals surface area contributed by atoms with Crippen molar-refractivity contribution in [2.24, 2.45) is 0 Å². The fourth-order valence-electron chi connectivity index (χ4n) is 2.59.